The van der Waals surface area contributed by atoms with Crippen LogP contribution in [0.1, 0.15) is 60.8 Å². The molecule has 0 aliphatic heterocycles. The maximum Gasteiger partial charge on any atom is 0.435 e. The van der Waals surface area contributed by atoms with Gasteiger partial charge in [-0.1, -0.05) is 43.1 Å². The third-order valence-electron chi connectivity index (χ3n) is 4.89. The first kappa shape index (κ1) is 25.3. The minimum atomic E-state index is -4.75. The molecule has 34 heavy (non-hydrogen) atoms. The lowest BCUT2D eigenvalue weighted by atomic mass is 9.98. The molecule has 1 unspecified atom stereocenters. The van der Waals surface area contributed by atoms with Gasteiger partial charge in [-0.25, -0.2) is 9.48 Å². The van der Waals surface area contributed by atoms with Gasteiger partial charge in [-0.15, -0.1) is 0 Å². The van der Waals surface area contributed by atoms with E-state index in [4.69, 9.17) is 21.1 Å². The van der Waals surface area contributed by atoms with Gasteiger partial charge in [-0.3, -0.25) is 4.79 Å². The van der Waals surface area contributed by atoms with Gasteiger partial charge in [0.25, 0.3) is 0 Å². The van der Waals surface area contributed by atoms with Gasteiger partial charge < -0.3 is 9.47 Å². The van der Waals surface area contributed by atoms with Gasteiger partial charge in [-0.2, -0.15) is 18.3 Å². The molecule has 2 aromatic carbocycles. The van der Waals surface area contributed by atoms with E-state index in [1.54, 1.807) is 18.2 Å². The number of carbonyl (C=O) groups is 2. The molecular weight excluding hydrogens is 473 g/mol. The topological polar surface area (TPSA) is 70.4 Å². The van der Waals surface area contributed by atoms with Crippen molar-refractivity contribution in [3.8, 4) is 11.6 Å². The smallest absolute Gasteiger partial charge is 0.435 e. The fourth-order valence-corrected chi connectivity index (χ4v) is 3.45. The van der Waals surface area contributed by atoms with Gasteiger partial charge in [0.15, 0.2) is 5.69 Å². The second-order valence-electron chi connectivity index (χ2n) is 7.47. The molecule has 0 spiro atoms. The Morgan fingerprint density at radius 1 is 1.12 bits per heavy atom. The summed E-state index contributed by atoms with van der Waals surface area (Å²) < 4.78 is 51.7. The van der Waals surface area contributed by atoms with Crippen molar-refractivity contribution in [2.24, 2.45) is 0 Å². The summed E-state index contributed by atoms with van der Waals surface area (Å²) in [6.07, 6.45) is -3.41. The molecule has 0 fully saturated rings. The molecule has 1 aromatic heterocycles. The van der Waals surface area contributed by atoms with Gasteiger partial charge in [0, 0.05) is 23.6 Å². The molecule has 1 atom stereocenters. The predicted octanol–water partition coefficient (Wildman–Crippen LogP) is 6.56. The molecule has 0 bridgehead atoms. The molecule has 0 radical (unpaired) electrons. The van der Waals surface area contributed by atoms with E-state index in [2.05, 4.69) is 5.10 Å². The van der Waals surface area contributed by atoms with E-state index in [0.717, 1.165) is 17.5 Å². The summed E-state index contributed by atoms with van der Waals surface area (Å²) in [5.74, 6) is -1.85. The van der Waals surface area contributed by atoms with Crippen molar-refractivity contribution in [2.45, 2.75) is 45.4 Å². The lowest BCUT2D eigenvalue weighted by Gasteiger charge is -2.19. The molecule has 180 valence electrons. The zero-order valence-electron chi connectivity index (χ0n) is 18.4. The SMILES string of the molecule is CCCCC(OC(C)=O)c1ccccc1C(=O)Oc1cc(C(F)(F)F)nn1-c1ccc(Cl)cc1. The Kier molecular flexibility index (Phi) is 7.98. The molecule has 0 saturated heterocycles. The van der Waals surface area contributed by atoms with Gasteiger partial charge in [0.2, 0.25) is 5.88 Å². The van der Waals surface area contributed by atoms with Crippen LogP contribution in [0.3, 0.4) is 0 Å². The molecule has 10 heteroatoms. The summed E-state index contributed by atoms with van der Waals surface area (Å²) in [6, 6.07) is 12.8. The monoisotopic (exact) mass is 494 g/mol. The lowest BCUT2D eigenvalue weighted by molar-refractivity contribution is -0.147. The maximum absolute atomic E-state index is 13.3. The third-order valence-corrected chi connectivity index (χ3v) is 5.14. The zero-order valence-corrected chi connectivity index (χ0v) is 19.2. The fraction of sp³-hybridized carbons (Fsp3) is 0.292. The largest absolute Gasteiger partial charge is 0.458 e. The highest BCUT2D eigenvalue weighted by molar-refractivity contribution is 6.30. The Morgan fingerprint density at radius 3 is 2.41 bits per heavy atom. The second-order valence-corrected chi connectivity index (χ2v) is 7.91. The first-order valence-electron chi connectivity index (χ1n) is 10.5. The van der Waals surface area contributed by atoms with Crippen LogP contribution in [0.25, 0.3) is 5.69 Å². The number of halogens is 4. The molecule has 6 nitrogen and oxygen atoms in total. The molecule has 0 N–H and O–H groups in total. The first-order valence-corrected chi connectivity index (χ1v) is 10.9. The third kappa shape index (κ3) is 6.17. The van der Waals surface area contributed by atoms with Crippen LogP contribution in [0.2, 0.25) is 5.02 Å². The number of rotatable bonds is 8. The molecule has 0 amide bonds. The van der Waals surface area contributed by atoms with Gasteiger partial charge in [0.05, 0.1) is 11.3 Å². The standard InChI is InChI=1S/C24H22ClF3N2O4/c1-3-4-9-20(33-15(2)31)18-7-5-6-8-19(18)23(32)34-22-14-21(24(26,27)28)29-30(22)17-12-10-16(25)11-13-17/h5-8,10-14,20H,3-4,9H2,1-2H3. The van der Waals surface area contributed by atoms with Crippen molar-refractivity contribution in [3.63, 3.8) is 0 Å². The fourth-order valence-electron chi connectivity index (χ4n) is 3.32. The van der Waals surface area contributed by atoms with E-state index < -0.39 is 35.8 Å². The van der Waals surface area contributed by atoms with Crippen LogP contribution < -0.4 is 4.74 Å². The summed E-state index contributed by atoms with van der Waals surface area (Å²) in [6.45, 7) is 3.24. The van der Waals surface area contributed by atoms with E-state index in [1.165, 1.54) is 37.3 Å². The first-order chi connectivity index (χ1) is 16.1. The van der Waals surface area contributed by atoms with Crippen LogP contribution in [-0.2, 0) is 15.7 Å². The zero-order chi connectivity index (χ0) is 24.9. The Bertz CT molecular complexity index is 1160. The van der Waals surface area contributed by atoms with Gasteiger partial charge in [0.1, 0.15) is 6.10 Å². The van der Waals surface area contributed by atoms with E-state index in [1.807, 2.05) is 6.92 Å². The Morgan fingerprint density at radius 2 is 1.79 bits per heavy atom. The van der Waals surface area contributed by atoms with E-state index in [0.29, 0.717) is 23.1 Å². The van der Waals surface area contributed by atoms with Crippen molar-refractivity contribution >= 4 is 23.5 Å². The van der Waals surface area contributed by atoms with Crippen LogP contribution in [0.4, 0.5) is 13.2 Å². The van der Waals surface area contributed by atoms with Crippen LogP contribution in [0.15, 0.2) is 54.6 Å². The highest BCUT2D eigenvalue weighted by Gasteiger charge is 2.36. The summed E-state index contributed by atoms with van der Waals surface area (Å²) in [5, 5.41) is 3.95. The van der Waals surface area contributed by atoms with Gasteiger partial charge >= 0.3 is 18.1 Å². The Hall–Kier alpha value is -3.33. The average Bonchev–Trinajstić information content (AvgIpc) is 3.21. The second kappa shape index (κ2) is 10.7. The number of hydrogen-bond donors (Lipinski definition) is 0. The van der Waals surface area contributed by atoms with Crippen LogP contribution in [0, 0.1) is 0 Å². The number of esters is 2. The number of ether oxygens (including phenoxy) is 2. The summed E-state index contributed by atoms with van der Waals surface area (Å²) in [5.41, 5.74) is -0.525. The highest BCUT2D eigenvalue weighted by Crippen LogP contribution is 2.33. The van der Waals surface area contributed by atoms with Crippen molar-refractivity contribution in [3.05, 3.63) is 76.4 Å². The quantitative estimate of drug-likeness (QED) is 0.332. The highest BCUT2D eigenvalue weighted by atomic mass is 35.5. The molecule has 3 rings (SSSR count). The summed E-state index contributed by atoms with van der Waals surface area (Å²) >= 11 is 5.87. The van der Waals surface area contributed by atoms with Crippen LogP contribution in [0.5, 0.6) is 5.88 Å². The summed E-state index contributed by atoms with van der Waals surface area (Å²) in [7, 11) is 0. The minimum absolute atomic E-state index is 0.0715. The van der Waals surface area contributed by atoms with E-state index >= 15 is 0 Å². The number of unbranched alkanes of at least 4 members (excludes halogenated alkanes) is 1. The van der Waals surface area contributed by atoms with E-state index in [-0.39, 0.29) is 11.3 Å². The van der Waals surface area contributed by atoms with Crippen molar-refractivity contribution in [1.29, 1.82) is 0 Å². The Labute approximate surface area is 199 Å². The maximum atomic E-state index is 13.3. The number of benzene rings is 2. The molecule has 1 heterocycles. The van der Waals surface area contributed by atoms with Crippen LogP contribution in [-0.4, -0.2) is 21.7 Å². The van der Waals surface area contributed by atoms with Crippen molar-refractivity contribution in [2.75, 3.05) is 0 Å². The van der Waals surface area contributed by atoms with Crippen molar-refractivity contribution in [1.82, 2.24) is 9.78 Å². The number of alkyl halides is 3. The predicted molar refractivity (Wildman–Crippen MR) is 119 cm³/mol. The normalized spacial score (nSPS) is 12.3. The van der Waals surface area contributed by atoms with Crippen molar-refractivity contribution < 1.29 is 32.2 Å². The minimum Gasteiger partial charge on any atom is -0.458 e. The van der Waals surface area contributed by atoms with Gasteiger partial charge in [-0.05, 0) is 43.2 Å². The molecule has 0 aliphatic carbocycles. The molecule has 0 aliphatic rings. The molecule has 3 aromatic rings. The number of hydrogen-bond acceptors (Lipinski definition) is 5. The Balaban J connectivity index is 1.99. The number of carbonyl (C=O) groups excluding carboxylic acids is 2. The molecule has 0 saturated carbocycles. The average molecular weight is 495 g/mol. The number of aromatic nitrogens is 2. The van der Waals surface area contributed by atoms with E-state index in [9.17, 15) is 22.8 Å². The van der Waals surface area contributed by atoms with Crippen LogP contribution >= 0.6 is 11.6 Å². The lowest BCUT2D eigenvalue weighted by Crippen LogP contribution is -2.17. The summed E-state index contributed by atoms with van der Waals surface area (Å²) in [4.78, 5) is 24.7. The molecular formula is C24H22ClF3N2O4. The number of nitrogens with zero attached hydrogens (tertiary/aromatic N) is 2.